The Morgan fingerprint density at radius 3 is 2.41 bits per heavy atom. The van der Waals surface area contributed by atoms with Crippen LogP contribution in [0.3, 0.4) is 0 Å². The third kappa shape index (κ3) is 4.86. The van der Waals surface area contributed by atoms with Crippen molar-refractivity contribution in [3.8, 4) is 5.75 Å². The minimum Gasteiger partial charge on any atom is -0.474 e. The van der Waals surface area contributed by atoms with Crippen molar-refractivity contribution in [1.82, 2.24) is 9.71 Å². The van der Waals surface area contributed by atoms with Gasteiger partial charge >= 0.3 is 0 Å². The summed E-state index contributed by atoms with van der Waals surface area (Å²) in [5.74, 6) is 0.144. The van der Waals surface area contributed by atoms with Crippen molar-refractivity contribution in [1.29, 1.82) is 0 Å². The van der Waals surface area contributed by atoms with Crippen molar-refractivity contribution in [3.63, 3.8) is 0 Å². The smallest absolute Gasteiger partial charge is 0.281 e. The summed E-state index contributed by atoms with van der Waals surface area (Å²) in [6.07, 6.45) is 5.77. The number of carbonyl (C=O) groups is 1. The van der Waals surface area contributed by atoms with Crippen LogP contribution in [0.5, 0.6) is 5.75 Å². The minimum atomic E-state index is -4.23. The van der Waals surface area contributed by atoms with Crippen LogP contribution in [0.15, 0.2) is 41.4 Å². The van der Waals surface area contributed by atoms with Crippen molar-refractivity contribution in [2.75, 3.05) is 36.0 Å². The fourth-order valence-electron chi connectivity index (χ4n) is 5.38. The molecule has 1 amide bonds. The zero-order valence-electron chi connectivity index (χ0n) is 20.5. The van der Waals surface area contributed by atoms with Gasteiger partial charge in [-0.3, -0.25) is 4.79 Å². The van der Waals surface area contributed by atoms with Crippen LogP contribution >= 0.6 is 11.6 Å². The number of aliphatic hydroxyl groups excluding tert-OH is 1. The molecule has 0 radical (unpaired) electrons. The number of β-amino-alcohol motifs (C(OH)–C–C–N with tert-alkyl or cyclic N) is 1. The van der Waals surface area contributed by atoms with Crippen molar-refractivity contribution < 1.29 is 23.1 Å². The van der Waals surface area contributed by atoms with Crippen molar-refractivity contribution in [2.45, 2.75) is 61.7 Å². The van der Waals surface area contributed by atoms with Crippen LogP contribution in [0, 0.1) is 5.41 Å². The lowest BCUT2D eigenvalue weighted by Crippen LogP contribution is -2.44. The number of benzene rings is 1. The lowest BCUT2D eigenvalue weighted by Gasteiger charge is -2.35. The van der Waals surface area contributed by atoms with Crippen LogP contribution in [-0.4, -0.2) is 62.3 Å². The summed E-state index contributed by atoms with van der Waals surface area (Å²) in [7, 11) is -4.23. The highest BCUT2D eigenvalue weighted by Gasteiger charge is 2.55. The molecule has 2 aliphatic carbocycles. The number of carbonyl (C=O) groups excluding carboxylic acids is 1. The summed E-state index contributed by atoms with van der Waals surface area (Å²) in [6, 6.07) is 10.2. The molecule has 4 aliphatic rings. The van der Waals surface area contributed by atoms with Gasteiger partial charge in [-0.15, -0.1) is 0 Å². The van der Waals surface area contributed by atoms with Crippen LogP contribution in [-0.2, 0) is 14.8 Å². The Morgan fingerprint density at radius 2 is 1.76 bits per heavy atom. The van der Waals surface area contributed by atoms with Gasteiger partial charge in [-0.2, -0.15) is 8.42 Å². The molecular weight excluding hydrogens is 516 g/mol. The van der Waals surface area contributed by atoms with E-state index in [9.17, 15) is 18.3 Å². The number of nitrogens with one attached hydrogen (secondary N) is 1. The van der Waals surface area contributed by atoms with Crippen LogP contribution in [0.25, 0.3) is 0 Å². The Bertz CT molecular complexity index is 1320. The molecule has 4 fully saturated rings. The van der Waals surface area contributed by atoms with Crippen molar-refractivity contribution >= 4 is 39.0 Å². The molecule has 11 heteroatoms. The van der Waals surface area contributed by atoms with E-state index < -0.39 is 27.6 Å². The van der Waals surface area contributed by atoms with Gasteiger partial charge in [0.05, 0.1) is 16.8 Å². The third-order valence-electron chi connectivity index (χ3n) is 8.18. The zero-order valence-corrected chi connectivity index (χ0v) is 22.1. The average molecular weight is 547 g/mol. The van der Waals surface area contributed by atoms with E-state index in [1.165, 1.54) is 18.9 Å². The van der Waals surface area contributed by atoms with Gasteiger partial charge in [-0.1, -0.05) is 23.7 Å². The molecule has 198 valence electrons. The summed E-state index contributed by atoms with van der Waals surface area (Å²) in [5.41, 5.74) is 0.0611. The number of halogens is 1. The number of rotatable bonds is 7. The number of amides is 1. The number of piperidine rings is 1. The van der Waals surface area contributed by atoms with Gasteiger partial charge < -0.3 is 19.6 Å². The molecule has 1 atom stereocenters. The fraction of sp³-hybridized carbons (Fsp3) is 0.538. The molecule has 2 aliphatic heterocycles. The summed E-state index contributed by atoms with van der Waals surface area (Å²) in [6.45, 7) is 2.78. The second kappa shape index (κ2) is 9.03. The Balaban J connectivity index is 1.18. The second-order valence-corrected chi connectivity index (χ2v) is 12.9. The van der Waals surface area contributed by atoms with Gasteiger partial charge in [0.25, 0.3) is 15.9 Å². The molecule has 6 rings (SSSR count). The molecule has 2 saturated carbocycles. The Labute approximate surface area is 221 Å². The number of hydrogen-bond donors (Lipinski definition) is 2. The molecule has 0 bridgehead atoms. The van der Waals surface area contributed by atoms with E-state index in [4.69, 9.17) is 16.3 Å². The number of hydrogen-bond acceptors (Lipinski definition) is 8. The molecule has 37 heavy (non-hydrogen) atoms. The van der Waals surface area contributed by atoms with E-state index in [-0.39, 0.29) is 5.03 Å². The molecule has 2 N–H and O–H groups in total. The summed E-state index contributed by atoms with van der Waals surface area (Å²) >= 11 is 6.54. The van der Waals surface area contributed by atoms with E-state index in [2.05, 4.69) is 14.6 Å². The standard InChI is InChI=1S/C26H31ClN4O5S/c27-19-3-1-4-20(30-15-12-25(8-9-25)13-16-30)23(19)36-26(10-11-26)24(33)29-37(34,35)22-6-2-5-21(28-22)31-14-7-18(32)17-31/h1-6,18,32H,7-17H2,(H,29,33). The lowest BCUT2D eigenvalue weighted by atomic mass is 9.93. The lowest BCUT2D eigenvalue weighted by molar-refractivity contribution is -0.127. The average Bonchev–Trinajstić information content (AvgIpc) is 3.79. The van der Waals surface area contributed by atoms with E-state index >= 15 is 0 Å². The van der Waals surface area contributed by atoms with Crippen LogP contribution in [0.1, 0.15) is 44.9 Å². The van der Waals surface area contributed by atoms with E-state index in [0.717, 1.165) is 31.6 Å². The SMILES string of the molecule is O=C(NS(=O)(=O)c1cccc(N2CCC(O)C2)n1)C1(Oc2c(Cl)cccc2N2CCC3(CC2)CC3)CC1. The van der Waals surface area contributed by atoms with Crippen LogP contribution < -0.4 is 19.3 Å². The van der Waals surface area contributed by atoms with Gasteiger partial charge in [0.1, 0.15) is 5.82 Å². The number of anilines is 2. The fourth-order valence-corrected chi connectivity index (χ4v) is 6.59. The number of sulfonamides is 1. The largest absolute Gasteiger partial charge is 0.474 e. The molecular formula is C26H31ClN4O5S. The number of para-hydroxylation sites is 1. The van der Waals surface area contributed by atoms with E-state index in [0.29, 0.717) is 54.4 Å². The van der Waals surface area contributed by atoms with Gasteiger partial charge in [0.15, 0.2) is 16.4 Å². The Morgan fingerprint density at radius 1 is 1.03 bits per heavy atom. The van der Waals surface area contributed by atoms with E-state index in [1.807, 2.05) is 17.0 Å². The summed E-state index contributed by atoms with van der Waals surface area (Å²) < 4.78 is 34.6. The maximum absolute atomic E-state index is 13.3. The topological polar surface area (TPSA) is 112 Å². The monoisotopic (exact) mass is 546 g/mol. The highest BCUT2D eigenvalue weighted by molar-refractivity contribution is 7.90. The number of aliphatic hydroxyl groups is 1. The highest BCUT2D eigenvalue weighted by atomic mass is 35.5. The van der Waals surface area contributed by atoms with Crippen LogP contribution in [0.4, 0.5) is 11.5 Å². The predicted molar refractivity (Wildman–Crippen MR) is 140 cm³/mol. The van der Waals surface area contributed by atoms with Gasteiger partial charge in [0, 0.05) is 39.0 Å². The molecule has 1 spiro atoms. The van der Waals surface area contributed by atoms with Gasteiger partial charge in [-0.05, 0) is 61.8 Å². The Kier molecular flexibility index (Phi) is 6.04. The first-order valence-electron chi connectivity index (χ1n) is 12.9. The molecule has 1 aromatic carbocycles. The normalized spacial score (nSPS) is 23.7. The number of ether oxygens (including phenoxy) is 1. The quantitative estimate of drug-likeness (QED) is 0.545. The first-order valence-corrected chi connectivity index (χ1v) is 14.7. The first kappa shape index (κ1) is 24.8. The number of aromatic nitrogens is 1. The van der Waals surface area contributed by atoms with Gasteiger partial charge in [-0.25, -0.2) is 9.71 Å². The van der Waals surface area contributed by atoms with Crippen molar-refractivity contribution in [3.05, 3.63) is 41.4 Å². The number of nitrogens with zero attached hydrogens (tertiary/aromatic N) is 3. The Hall–Kier alpha value is -2.56. The third-order valence-corrected chi connectivity index (χ3v) is 9.71. The molecule has 1 aromatic heterocycles. The molecule has 9 nitrogen and oxygen atoms in total. The first-order chi connectivity index (χ1) is 17.7. The summed E-state index contributed by atoms with van der Waals surface area (Å²) in [5, 5.41) is 9.95. The summed E-state index contributed by atoms with van der Waals surface area (Å²) in [4.78, 5) is 21.6. The predicted octanol–water partition coefficient (Wildman–Crippen LogP) is 3.10. The maximum atomic E-state index is 13.3. The molecule has 2 aromatic rings. The molecule has 1 unspecified atom stereocenters. The number of pyridine rings is 1. The van der Waals surface area contributed by atoms with Crippen LogP contribution in [0.2, 0.25) is 5.02 Å². The minimum absolute atomic E-state index is 0.253. The maximum Gasteiger partial charge on any atom is 0.281 e. The molecule has 2 saturated heterocycles. The van der Waals surface area contributed by atoms with Crippen molar-refractivity contribution in [2.24, 2.45) is 5.41 Å². The zero-order chi connectivity index (χ0) is 25.8. The highest BCUT2D eigenvalue weighted by Crippen LogP contribution is 2.55. The second-order valence-electron chi connectivity index (χ2n) is 10.8. The molecule has 3 heterocycles. The van der Waals surface area contributed by atoms with Gasteiger partial charge in [0.2, 0.25) is 0 Å². The van der Waals surface area contributed by atoms with E-state index in [1.54, 1.807) is 18.2 Å².